The lowest BCUT2D eigenvalue weighted by Gasteiger charge is -2.07. The maximum atomic E-state index is 3.46. The molecule has 1 aromatic heterocycles. The minimum atomic E-state index is 0.977. The fourth-order valence-electron chi connectivity index (χ4n) is 2.50. The van der Waals surface area contributed by atoms with Gasteiger partial charge in [-0.1, -0.05) is 32.8 Å². The Morgan fingerprint density at radius 1 is 1.05 bits per heavy atom. The van der Waals surface area contributed by atoms with Gasteiger partial charge in [0.1, 0.15) is 0 Å². The average Bonchev–Trinajstić information content (AvgIpc) is 2.82. The van der Waals surface area contributed by atoms with E-state index in [1.54, 1.807) is 0 Å². The molecule has 0 amide bonds. The van der Waals surface area contributed by atoms with E-state index < -0.39 is 0 Å². The van der Waals surface area contributed by atoms with Crippen LogP contribution in [0.2, 0.25) is 0 Å². The highest BCUT2D eigenvalue weighted by molar-refractivity contribution is 5.80. The number of unbranched alkanes of at least 4 members (excludes halogenated alkanes) is 2. The Morgan fingerprint density at radius 2 is 1.95 bits per heavy atom. The fourth-order valence-corrected chi connectivity index (χ4v) is 2.50. The highest BCUT2D eigenvalue weighted by atomic mass is 14.9. The largest absolute Gasteiger partial charge is 0.347 e. The fraction of sp³-hybridized carbons (Fsp3) is 0.529. The summed E-state index contributed by atoms with van der Waals surface area (Å²) >= 11 is 0. The molecule has 2 nitrogen and oxygen atoms in total. The minimum absolute atomic E-state index is 0.977. The zero-order valence-corrected chi connectivity index (χ0v) is 12.3. The molecule has 0 aliphatic carbocycles. The summed E-state index contributed by atoms with van der Waals surface area (Å²) in [5.41, 5.74) is 2.75. The highest BCUT2D eigenvalue weighted by Crippen LogP contribution is 2.18. The first-order chi connectivity index (χ1) is 9.35. The Hall–Kier alpha value is -1.28. The molecule has 1 N–H and O–H groups in total. The van der Waals surface area contributed by atoms with Crippen LogP contribution < -0.4 is 5.32 Å². The van der Waals surface area contributed by atoms with E-state index in [2.05, 4.69) is 54.2 Å². The molecule has 0 bridgehead atoms. The van der Waals surface area contributed by atoms with E-state index in [0.717, 1.165) is 19.6 Å². The van der Waals surface area contributed by atoms with Crippen molar-refractivity contribution in [3.63, 3.8) is 0 Å². The molecule has 2 heteroatoms. The van der Waals surface area contributed by atoms with Crippen LogP contribution in [0.1, 0.15) is 45.1 Å². The Balaban J connectivity index is 2.03. The summed E-state index contributed by atoms with van der Waals surface area (Å²) in [6.07, 6.45) is 7.30. The number of nitrogens with zero attached hydrogens (tertiary/aromatic N) is 1. The van der Waals surface area contributed by atoms with Gasteiger partial charge in [-0.15, -0.1) is 0 Å². The molecule has 0 aliphatic heterocycles. The lowest BCUT2D eigenvalue weighted by Crippen LogP contribution is -2.13. The highest BCUT2D eigenvalue weighted by Gasteiger charge is 2.02. The van der Waals surface area contributed by atoms with Crippen LogP contribution >= 0.6 is 0 Å². The Labute approximate surface area is 116 Å². The summed E-state index contributed by atoms with van der Waals surface area (Å²) in [7, 11) is 0. The van der Waals surface area contributed by atoms with Gasteiger partial charge in [-0.3, -0.25) is 0 Å². The summed E-state index contributed by atoms with van der Waals surface area (Å²) in [5.74, 6) is 0. The lowest BCUT2D eigenvalue weighted by atomic mass is 10.1. The molecule has 2 rings (SSSR count). The van der Waals surface area contributed by atoms with Gasteiger partial charge < -0.3 is 9.88 Å². The van der Waals surface area contributed by atoms with Gasteiger partial charge in [0, 0.05) is 24.8 Å². The summed E-state index contributed by atoms with van der Waals surface area (Å²) in [6, 6.07) is 9.07. The first-order valence-electron chi connectivity index (χ1n) is 7.63. The van der Waals surface area contributed by atoms with E-state index in [9.17, 15) is 0 Å². The van der Waals surface area contributed by atoms with Crippen molar-refractivity contribution in [2.45, 2.75) is 52.6 Å². The molecule has 0 radical (unpaired) electrons. The second-order valence-electron chi connectivity index (χ2n) is 5.29. The van der Waals surface area contributed by atoms with Gasteiger partial charge in [0.25, 0.3) is 0 Å². The first-order valence-corrected chi connectivity index (χ1v) is 7.63. The van der Waals surface area contributed by atoms with E-state index in [-0.39, 0.29) is 0 Å². The number of rotatable bonds is 8. The Kier molecular flexibility index (Phi) is 5.46. The normalized spacial score (nSPS) is 11.3. The molecular formula is C17H26N2. The van der Waals surface area contributed by atoms with E-state index >= 15 is 0 Å². The molecule has 1 heterocycles. The first kappa shape index (κ1) is 14.1. The van der Waals surface area contributed by atoms with Crippen molar-refractivity contribution in [3.05, 3.63) is 36.0 Å². The van der Waals surface area contributed by atoms with Crippen molar-refractivity contribution in [1.29, 1.82) is 0 Å². The monoisotopic (exact) mass is 258 g/mol. The molecule has 0 aliphatic rings. The van der Waals surface area contributed by atoms with Crippen LogP contribution in [0.3, 0.4) is 0 Å². The molecule has 104 valence electrons. The Morgan fingerprint density at radius 3 is 2.74 bits per heavy atom. The summed E-state index contributed by atoms with van der Waals surface area (Å²) < 4.78 is 2.38. The second-order valence-corrected chi connectivity index (χ2v) is 5.29. The van der Waals surface area contributed by atoms with Crippen molar-refractivity contribution in [1.82, 2.24) is 9.88 Å². The van der Waals surface area contributed by atoms with Crippen LogP contribution in [-0.4, -0.2) is 11.1 Å². The van der Waals surface area contributed by atoms with Gasteiger partial charge in [-0.05, 0) is 48.5 Å². The average molecular weight is 258 g/mol. The van der Waals surface area contributed by atoms with Crippen LogP contribution in [0.25, 0.3) is 10.9 Å². The molecule has 0 saturated carbocycles. The van der Waals surface area contributed by atoms with E-state index in [1.165, 1.54) is 42.1 Å². The maximum absolute atomic E-state index is 3.46. The van der Waals surface area contributed by atoms with Crippen LogP contribution in [0.4, 0.5) is 0 Å². The van der Waals surface area contributed by atoms with Gasteiger partial charge in [-0.2, -0.15) is 0 Å². The SMILES string of the molecule is CCCCCn1ccc2cc(CNCCC)ccc21. The molecule has 0 fully saturated rings. The smallest absolute Gasteiger partial charge is 0.0480 e. The molecule has 0 atom stereocenters. The van der Waals surface area contributed by atoms with Gasteiger partial charge in [0.15, 0.2) is 0 Å². The number of hydrogen-bond donors (Lipinski definition) is 1. The van der Waals surface area contributed by atoms with Crippen LogP contribution in [0.15, 0.2) is 30.5 Å². The predicted octanol–water partition coefficient (Wildman–Crippen LogP) is 4.33. The molecule has 0 unspecified atom stereocenters. The van der Waals surface area contributed by atoms with Crippen molar-refractivity contribution >= 4 is 10.9 Å². The van der Waals surface area contributed by atoms with Crippen LogP contribution in [0.5, 0.6) is 0 Å². The standard InChI is InChI=1S/C17H26N2/c1-3-5-6-11-19-12-9-16-13-15(7-8-17(16)19)14-18-10-4-2/h7-9,12-13,18H,3-6,10-11,14H2,1-2H3. The summed E-state index contributed by atoms with van der Waals surface area (Å²) in [5, 5.41) is 4.83. The predicted molar refractivity (Wildman–Crippen MR) is 83.5 cm³/mol. The minimum Gasteiger partial charge on any atom is -0.347 e. The van der Waals surface area contributed by atoms with E-state index in [0.29, 0.717) is 0 Å². The topological polar surface area (TPSA) is 17.0 Å². The summed E-state index contributed by atoms with van der Waals surface area (Å²) in [4.78, 5) is 0. The number of aromatic nitrogens is 1. The molecular weight excluding hydrogens is 232 g/mol. The third-order valence-electron chi connectivity index (χ3n) is 3.59. The molecule has 2 aromatic rings. The maximum Gasteiger partial charge on any atom is 0.0480 e. The third kappa shape index (κ3) is 3.84. The van der Waals surface area contributed by atoms with Gasteiger partial charge in [0.2, 0.25) is 0 Å². The third-order valence-corrected chi connectivity index (χ3v) is 3.59. The number of aryl methyl sites for hydroxylation is 1. The van der Waals surface area contributed by atoms with Gasteiger partial charge >= 0.3 is 0 Å². The number of nitrogens with one attached hydrogen (secondary N) is 1. The molecule has 1 aromatic carbocycles. The quantitative estimate of drug-likeness (QED) is 0.697. The van der Waals surface area contributed by atoms with Crippen LogP contribution in [0, 0.1) is 0 Å². The van der Waals surface area contributed by atoms with E-state index in [4.69, 9.17) is 0 Å². The molecule has 0 saturated heterocycles. The zero-order chi connectivity index (χ0) is 13.5. The van der Waals surface area contributed by atoms with Crippen molar-refractivity contribution < 1.29 is 0 Å². The van der Waals surface area contributed by atoms with Gasteiger partial charge in [0.05, 0.1) is 0 Å². The van der Waals surface area contributed by atoms with Gasteiger partial charge in [-0.25, -0.2) is 0 Å². The number of fused-ring (bicyclic) bond motifs is 1. The van der Waals surface area contributed by atoms with Crippen LogP contribution in [-0.2, 0) is 13.1 Å². The molecule has 19 heavy (non-hydrogen) atoms. The molecule has 0 spiro atoms. The van der Waals surface area contributed by atoms with Crippen molar-refractivity contribution in [2.75, 3.05) is 6.54 Å². The van der Waals surface area contributed by atoms with Crippen molar-refractivity contribution in [3.8, 4) is 0 Å². The zero-order valence-electron chi connectivity index (χ0n) is 12.3. The lowest BCUT2D eigenvalue weighted by molar-refractivity contribution is 0.616. The second kappa shape index (κ2) is 7.34. The Bertz CT molecular complexity index is 499. The van der Waals surface area contributed by atoms with E-state index in [1.807, 2.05) is 0 Å². The summed E-state index contributed by atoms with van der Waals surface area (Å²) in [6.45, 7) is 7.67. The number of hydrogen-bond acceptors (Lipinski definition) is 1. The number of benzene rings is 1. The van der Waals surface area contributed by atoms with Crippen molar-refractivity contribution in [2.24, 2.45) is 0 Å².